The van der Waals surface area contributed by atoms with Crippen LogP contribution in [0.15, 0.2) is 43.1 Å². The Labute approximate surface area is 171 Å². The number of halogens is 3. The fourth-order valence-electron chi connectivity index (χ4n) is 2.84. The number of rotatable bonds is 5. The smallest absolute Gasteiger partial charge is 0.408 e. The summed E-state index contributed by atoms with van der Waals surface area (Å²) in [5.74, 6) is -1.08. The van der Waals surface area contributed by atoms with E-state index in [2.05, 4.69) is 25.5 Å². The third kappa shape index (κ3) is 4.13. The zero-order chi connectivity index (χ0) is 22.2. The summed E-state index contributed by atoms with van der Waals surface area (Å²) in [5, 5.41) is 29.5. The second kappa shape index (κ2) is 7.41. The lowest BCUT2D eigenvalue weighted by molar-refractivity contribution is -0.142. The molecule has 0 spiro atoms. The van der Waals surface area contributed by atoms with Crippen molar-refractivity contribution in [2.75, 3.05) is 5.32 Å². The van der Waals surface area contributed by atoms with Gasteiger partial charge in [-0.1, -0.05) is 0 Å². The van der Waals surface area contributed by atoms with Crippen LogP contribution in [-0.4, -0.2) is 46.8 Å². The molecular formula is C18H11F3N8O2. The molecule has 0 aliphatic rings. The van der Waals surface area contributed by atoms with Crippen molar-refractivity contribution < 1.29 is 23.1 Å². The Kier molecular flexibility index (Phi) is 4.74. The summed E-state index contributed by atoms with van der Waals surface area (Å²) in [6, 6.07) is 4.93. The van der Waals surface area contributed by atoms with Gasteiger partial charge in [-0.15, -0.1) is 0 Å². The standard InChI is InChI=1S/C18H11F3N8O2/c19-18(20,21)9-28-8-12(6-25-28)27-14-2-15(23-7-13(14)17(30)31)29-16-11(5-26-29)1-10(3-22)4-24-16/h1-2,4-8H,9H2,(H,23,27)(H,30,31). The van der Waals surface area contributed by atoms with Gasteiger partial charge in [-0.25, -0.2) is 14.8 Å². The van der Waals surface area contributed by atoms with E-state index in [9.17, 15) is 23.1 Å². The van der Waals surface area contributed by atoms with E-state index in [1.165, 1.54) is 23.1 Å². The predicted molar refractivity (Wildman–Crippen MR) is 99.9 cm³/mol. The fraction of sp³-hybridized carbons (Fsp3) is 0.111. The van der Waals surface area contributed by atoms with E-state index in [-0.39, 0.29) is 22.8 Å². The van der Waals surface area contributed by atoms with Crippen LogP contribution in [0.25, 0.3) is 16.9 Å². The van der Waals surface area contributed by atoms with E-state index in [0.717, 1.165) is 18.6 Å². The number of pyridine rings is 2. The summed E-state index contributed by atoms with van der Waals surface area (Å²) >= 11 is 0. The van der Waals surface area contributed by atoms with Crippen LogP contribution in [0.2, 0.25) is 0 Å². The molecule has 0 bridgehead atoms. The summed E-state index contributed by atoms with van der Waals surface area (Å²) in [6.07, 6.45) is 1.74. The summed E-state index contributed by atoms with van der Waals surface area (Å²) in [6.45, 7) is -1.28. The normalized spacial score (nSPS) is 11.4. The van der Waals surface area contributed by atoms with Gasteiger partial charge in [0.05, 0.1) is 29.3 Å². The number of fused-ring (bicyclic) bond motifs is 1. The molecule has 0 radical (unpaired) electrons. The summed E-state index contributed by atoms with van der Waals surface area (Å²) < 4.78 is 39.6. The van der Waals surface area contributed by atoms with Crippen LogP contribution in [0.5, 0.6) is 0 Å². The lowest BCUT2D eigenvalue weighted by Gasteiger charge is -2.10. The third-order valence-electron chi connectivity index (χ3n) is 4.13. The number of aromatic nitrogens is 6. The highest BCUT2D eigenvalue weighted by Crippen LogP contribution is 2.25. The molecular weight excluding hydrogens is 417 g/mol. The zero-order valence-electron chi connectivity index (χ0n) is 15.4. The second-order valence-corrected chi connectivity index (χ2v) is 6.37. The SMILES string of the molecule is N#Cc1cnc2c(cnn2-c2cc(Nc3cnn(CC(F)(F)F)c3)c(C(=O)O)cn2)c1. The van der Waals surface area contributed by atoms with Crippen LogP contribution in [0, 0.1) is 11.3 Å². The third-order valence-corrected chi connectivity index (χ3v) is 4.13. The summed E-state index contributed by atoms with van der Waals surface area (Å²) in [4.78, 5) is 19.8. The van der Waals surface area contributed by atoms with E-state index >= 15 is 0 Å². The van der Waals surface area contributed by atoms with Crippen LogP contribution in [0.1, 0.15) is 15.9 Å². The topological polar surface area (TPSA) is 135 Å². The van der Waals surface area contributed by atoms with Gasteiger partial charge in [0.25, 0.3) is 0 Å². The maximum Gasteiger partial charge on any atom is 0.408 e. The Balaban J connectivity index is 1.71. The Morgan fingerprint density at radius 3 is 2.68 bits per heavy atom. The van der Waals surface area contributed by atoms with Crippen LogP contribution >= 0.6 is 0 Å². The van der Waals surface area contributed by atoms with Crippen molar-refractivity contribution in [2.45, 2.75) is 12.7 Å². The number of nitrogens with one attached hydrogen (secondary N) is 1. The molecule has 0 fully saturated rings. The molecule has 4 heterocycles. The van der Waals surface area contributed by atoms with Gasteiger partial charge in [-0.2, -0.15) is 33.3 Å². The van der Waals surface area contributed by atoms with E-state index in [4.69, 9.17) is 5.26 Å². The molecule has 0 aliphatic heterocycles. The van der Waals surface area contributed by atoms with Crippen LogP contribution < -0.4 is 5.32 Å². The largest absolute Gasteiger partial charge is 0.478 e. The monoisotopic (exact) mass is 428 g/mol. The van der Waals surface area contributed by atoms with Crippen molar-refractivity contribution in [2.24, 2.45) is 0 Å². The van der Waals surface area contributed by atoms with Crippen molar-refractivity contribution in [3.05, 3.63) is 54.2 Å². The Bertz CT molecular complexity index is 1340. The number of aromatic carboxylic acids is 1. The molecule has 0 saturated carbocycles. The minimum atomic E-state index is -4.45. The van der Waals surface area contributed by atoms with Crippen LogP contribution in [0.4, 0.5) is 24.5 Å². The quantitative estimate of drug-likeness (QED) is 0.496. The predicted octanol–water partition coefficient (Wildman–Crippen LogP) is 2.89. The number of carboxylic acids is 1. The van der Waals surface area contributed by atoms with Gasteiger partial charge in [0.2, 0.25) is 0 Å². The van der Waals surface area contributed by atoms with Gasteiger partial charge in [0, 0.05) is 30.0 Å². The molecule has 156 valence electrons. The minimum Gasteiger partial charge on any atom is -0.478 e. The van der Waals surface area contributed by atoms with Crippen molar-refractivity contribution in [3.63, 3.8) is 0 Å². The molecule has 31 heavy (non-hydrogen) atoms. The average Bonchev–Trinajstić information content (AvgIpc) is 3.32. The van der Waals surface area contributed by atoms with Crippen LogP contribution in [-0.2, 0) is 6.54 Å². The molecule has 0 atom stereocenters. The van der Waals surface area contributed by atoms with Crippen molar-refractivity contribution in [3.8, 4) is 11.9 Å². The maximum atomic E-state index is 12.5. The van der Waals surface area contributed by atoms with E-state index < -0.39 is 18.7 Å². The molecule has 0 saturated heterocycles. The molecule has 4 aromatic heterocycles. The van der Waals surface area contributed by atoms with Crippen LogP contribution in [0.3, 0.4) is 0 Å². The lowest BCUT2D eigenvalue weighted by Crippen LogP contribution is -2.17. The number of hydrogen-bond acceptors (Lipinski definition) is 7. The maximum absolute atomic E-state index is 12.5. The molecule has 4 rings (SSSR count). The molecule has 2 N–H and O–H groups in total. The lowest BCUT2D eigenvalue weighted by atomic mass is 10.2. The Morgan fingerprint density at radius 1 is 1.16 bits per heavy atom. The number of anilines is 2. The van der Waals surface area contributed by atoms with Gasteiger partial charge >= 0.3 is 12.1 Å². The molecule has 0 aromatic carbocycles. The highest BCUT2D eigenvalue weighted by molar-refractivity contribution is 5.95. The highest BCUT2D eigenvalue weighted by Gasteiger charge is 2.28. The summed E-state index contributed by atoms with van der Waals surface area (Å²) in [7, 11) is 0. The fourth-order valence-corrected chi connectivity index (χ4v) is 2.84. The first kappa shape index (κ1) is 19.8. The highest BCUT2D eigenvalue weighted by atomic mass is 19.4. The van der Waals surface area contributed by atoms with Gasteiger partial charge in [0.1, 0.15) is 18.2 Å². The number of carboxylic acid groups (broad SMARTS) is 1. The van der Waals surface area contributed by atoms with E-state index in [1.54, 1.807) is 6.07 Å². The van der Waals surface area contributed by atoms with Gasteiger partial charge in [0.15, 0.2) is 11.5 Å². The van der Waals surface area contributed by atoms with Crippen molar-refractivity contribution >= 4 is 28.4 Å². The Hall–Kier alpha value is -4.47. The number of nitriles is 1. The van der Waals surface area contributed by atoms with Crippen molar-refractivity contribution in [1.82, 2.24) is 29.5 Å². The van der Waals surface area contributed by atoms with E-state index in [1.807, 2.05) is 6.07 Å². The minimum absolute atomic E-state index is 0.0707. The first-order valence-corrected chi connectivity index (χ1v) is 8.57. The number of alkyl halides is 3. The van der Waals surface area contributed by atoms with Gasteiger partial charge < -0.3 is 10.4 Å². The van der Waals surface area contributed by atoms with Gasteiger partial charge in [-0.3, -0.25) is 4.68 Å². The molecule has 10 nitrogen and oxygen atoms in total. The first-order chi connectivity index (χ1) is 14.7. The van der Waals surface area contributed by atoms with Crippen molar-refractivity contribution in [1.29, 1.82) is 5.26 Å². The molecule has 0 aliphatic carbocycles. The number of nitrogens with zero attached hydrogens (tertiary/aromatic N) is 7. The zero-order valence-corrected chi connectivity index (χ0v) is 15.4. The molecule has 0 amide bonds. The molecule has 0 unspecified atom stereocenters. The number of carbonyl (C=O) groups is 1. The van der Waals surface area contributed by atoms with E-state index in [0.29, 0.717) is 21.3 Å². The average molecular weight is 428 g/mol. The summed E-state index contributed by atoms with van der Waals surface area (Å²) in [5.41, 5.74) is 0.758. The molecule has 4 aromatic rings. The van der Waals surface area contributed by atoms with Gasteiger partial charge in [-0.05, 0) is 6.07 Å². The number of hydrogen-bond donors (Lipinski definition) is 2. The molecule has 13 heteroatoms. The second-order valence-electron chi connectivity index (χ2n) is 6.37. The first-order valence-electron chi connectivity index (χ1n) is 8.57. The Morgan fingerprint density at radius 2 is 1.97 bits per heavy atom.